The number of H-pyrrole nitrogens is 1. The number of rotatable bonds is 4. The van der Waals surface area contributed by atoms with E-state index in [-0.39, 0.29) is 5.54 Å². The summed E-state index contributed by atoms with van der Waals surface area (Å²) in [6.07, 6.45) is 3.15. The van der Waals surface area contributed by atoms with E-state index in [9.17, 15) is 0 Å². The van der Waals surface area contributed by atoms with Crippen molar-refractivity contribution in [3.05, 3.63) is 10.5 Å². The number of aromatic nitrogens is 4. The number of aryl methyl sites for hydroxylation is 2. The quantitative estimate of drug-likeness (QED) is 0.860. The van der Waals surface area contributed by atoms with Gasteiger partial charge in [0.05, 0.1) is 5.69 Å². The highest BCUT2D eigenvalue weighted by atomic mass is 32.1. The first-order valence-corrected chi connectivity index (χ1v) is 7.00. The van der Waals surface area contributed by atoms with E-state index in [4.69, 9.17) is 12.2 Å². The molecule has 0 bridgehead atoms. The highest BCUT2D eigenvalue weighted by Crippen LogP contribution is 2.28. The van der Waals surface area contributed by atoms with Crippen molar-refractivity contribution >= 4 is 23.4 Å². The van der Waals surface area contributed by atoms with Crippen LogP contribution < -0.4 is 0 Å². The number of fused-ring (bicyclic) bond motifs is 1. The summed E-state index contributed by atoms with van der Waals surface area (Å²) in [6.45, 7) is 8.79. The molecular formula is C13H22N4S. The van der Waals surface area contributed by atoms with E-state index in [1.54, 1.807) is 0 Å². The average molecular weight is 266 g/mol. The smallest absolute Gasteiger partial charge is 0.179 e. The molecule has 0 radical (unpaired) electrons. The summed E-state index contributed by atoms with van der Waals surface area (Å²) >= 11 is 5.50. The summed E-state index contributed by atoms with van der Waals surface area (Å²) in [5.74, 6) is 0. The molecule has 0 unspecified atom stereocenters. The van der Waals surface area contributed by atoms with Crippen molar-refractivity contribution in [3.8, 4) is 0 Å². The van der Waals surface area contributed by atoms with Gasteiger partial charge in [0.2, 0.25) is 0 Å². The van der Waals surface area contributed by atoms with Gasteiger partial charge in [0.15, 0.2) is 10.4 Å². The fraction of sp³-hybridized carbons (Fsp3) is 0.692. The maximum absolute atomic E-state index is 5.50. The van der Waals surface area contributed by atoms with E-state index < -0.39 is 0 Å². The second-order valence-electron chi connectivity index (χ2n) is 5.45. The monoisotopic (exact) mass is 266 g/mol. The fourth-order valence-electron chi connectivity index (χ4n) is 2.75. The summed E-state index contributed by atoms with van der Waals surface area (Å²) in [4.78, 5) is 3.33. The third kappa shape index (κ3) is 1.90. The Morgan fingerprint density at radius 3 is 2.56 bits per heavy atom. The van der Waals surface area contributed by atoms with Crippen LogP contribution in [0.2, 0.25) is 0 Å². The highest BCUT2D eigenvalue weighted by molar-refractivity contribution is 7.71. The van der Waals surface area contributed by atoms with E-state index in [1.807, 2.05) is 11.7 Å². The molecule has 0 aliphatic heterocycles. The van der Waals surface area contributed by atoms with Gasteiger partial charge in [-0.15, -0.1) is 0 Å². The zero-order chi connectivity index (χ0) is 13.5. The van der Waals surface area contributed by atoms with Gasteiger partial charge in [-0.05, 0) is 38.9 Å². The number of nitrogens with one attached hydrogen (secondary N) is 1. The second kappa shape index (κ2) is 4.53. The molecular weight excluding hydrogens is 244 g/mol. The van der Waals surface area contributed by atoms with Crippen molar-refractivity contribution in [2.75, 3.05) is 0 Å². The number of imidazole rings is 1. The average Bonchev–Trinajstić information content (AvgIpc) is 2.76. The molecule has 5 heteroatoms. The van der Waals surface area contributed by atoms with Crippen LogP contribution in [-0.4, -0.2) is 19.3 Å². The Morgan fingerprint density at radius 1 is 1.33 bits per heavy atom. The molecule has 0 spiro atoms. The van der Waals surface area contributed by atoms with Gasteiger partial charge in [0, 0.05) is 12.6 Å². The standard InChI is InChI=1S/C13H22N4S/c1-6-8-13(3,4)17-11-10(14-12(17)18)9(7-2)15-16(11)5/h6-8H2,1-5H3,(H,14,18). The SMILES string of the molecule is CCCC(C)(C)n1c(=S)[nH]c2c(CC)nn(C)c21. The van der Waals surface area contributed by atoms with E-state index >= 15 is 0 Å². The molecule has 2 aromatic heterocycles. The maximum atomic E-state index is 5.50. The molecule has 0 atom stereocenters. The van der Waals surface area contributed by atoms with Crippen LogP contribution >= 0.6 is 12.2 Å². The van der Waals surface area contributed by atoms with Gasteiger partial charge < -0.3 is 4.98 Å². The van der Waals surface area contributed by atoms with Crippen LogP contribution in [0.1, 0.15) is 46.2 Å². The van der Waals surface area contributed by atoms with Gasteiger partial charge in [-0.3, -0.25) is 9.25 Å². The first-order valence-electron chi connectivity index (χ1n) is 6.59. The first kappa shape index (κ1) is 13.3. The van der Waals surface area contributed by atoms with Crippen molar-refractivity contribution in [1.82, 2.24) is 19.3 Å². The molecule has 4 nitrogen and oxygen atoms in total. The summed E-state index contributed by atoms with van der Waals surface area (Å²) < 4.78 is 4.96. The molecule has 0 fully saturated rings. The van der Waals surface area contributed by atoms with Gasteiger partial charge >= 0.3 is 0 Å². The minimum absolute atomic E-state index is 0.0168. The summed E-state index contributed by atoms with van der Waals surface area (Å²) in [7, 11) is 1.99. The first-order chi connectivity index (χ1) is 8.42. The van der Waals surface area contributed by atoms with Crippen LogP contribution in [0, 0.1) is 4.77 Å². The Hall–Kier alpha value is -1.10. The maximum Gasteiger partial charge on any atom is 0.179 e. The number of nitrogens with zero attached hydrogens (tertiary/aromatic N) is 3. The minimum atomic E-state index is 0.0168. The second-order valence-corrected chi connectivity index (χ2v) is 5.84. The zero-order valence-electron chi connectivity index (χ0n) is 11.9. The molecule has 2 heterocycles. The Balaban J connectivity index is 2.75. The Bertz CT molecular complexity index is 615. The number of hydrogen-bond acceptors (Lipinski definition) is 2. The summed E-state index contributed by atoms with van der Waals surface area (Å²) in [6, 6.07) is 0. The largest absolute Gasteiger partial charge is 0.328 e. The van der Waals surface area contributed by atoms with Crippen molar-refractivity contribution in [2.45, 2.75) is 52.5 Å². The van der Waals surface area contributed by atoms with Crippen LogP contribution in [-0.2, 0) is 19.0 Å². The molecule has 0 saturated heterocycles. The van der Waals surface area contributed by atoms with E-state index in [2.05, 4.69) is 42.3 Å². The zero-order valence-corrected chi connectivity index (χ0v) is 12.7. The molecule has 0 saturated carbocycles. The lowest BCUT2D eigenvalue weighted by atomic mass is 9.99. The normalized spacial score (nSPS) is 12.5. The minimum Gasteiger partial charge on any atom is -0.328 e. The molecule has 0 aliphatic carbocycles. The predicted molar refractivity (Wildman–Crippen MR) is 77.5 cm³/mol. The molecule has 18 heavy (non-hydrogen) atoms. The number of aromatic amines is 1. The van der Waals surface area contributed by atoms with Crippen molar-refractivity contribution in [3.63, 3.8) is 0 Å². The van der Waals surface area contributed by atoms with Crippen LogP contribution in [0.25, 0.3) is 11.2 Å². The molecule has 100 valence electrons. The molecule has 0 aliphatic rings. The van der Waals surface area contributed by atoms with Crippen molar-refractivity contribution in [2.24, 2.45) is 7.05 Å². The fourth-order valence-corrected chi connectivity index (χ4v) is 3.18. The summed E-state index contributed by atoms with van der Waals surface area (Å²) in [5, 5.41) is 4.56. The molecule has 1 N–H and O–H groups in total. The van der Waals surface area contributed by atoms with Crippen LogP contribution in [0.5, 0.6) is 0 Å². The Labute approximate surface area is 113 Å². The van der Waals surface area contributed by atoms with E-state index in [0.717, 1.165) is 40.9 Å². The topological polar surface area (TPSA) is 38.5 Å². The Morgan fingerprint density at radius 2 is 2.00 bits per heavy atom. The third-order valence-electron chi connectivity index (χ3n) is 3.54. The van der Waals surface area contributed by atoms with Crippen LogP contribution in [0.4, 0.5) is 0 Å². The third-order valence-corrected chi connectivity index (χ3v) is 3.82. The lowest BCUT2D eigenvalue weighted by molar-refractivity contribution is 0.325. The lowest BCUT2D eigenvalue weighted by Crippen LogP contribution is -2.27. The molecule has 2 rings (SSSR count). The highest BCUT2D eigenvalue weighted by Gasteiger charge is 2.25. The van der Waals surface area contributed by atoms with Gasteiger partial charge in [-0.2, -0.15) is 5.10 Å². The van der Waals surface area contributed by atoms with Gasteiger partial charge in [-0.1, -0.05) is 20.3 Å². The van der Waals surface area contributed by atoms with Crippen LogP contribution in [0.15, 0.2) is 0 Å². The molecule has 0 amide bonds. The number of hydrogen-bond donors (Lipinski definition) is 1. The summed E-state index contributed by atoms with van der Waals surface area (Å²) in [5.41, 5.74) is 3.30. The van der Waals surface area contributed by atoms with E-state index in [0.29, 0.717) is 0 Å². The van der Waals surface area contributed by atoms with Gasteiger partial charge in [-0.25, -0.2) is 0 Å². The molecule has 2 aromatic rings. The van der Waals surface area contributed by atoms with Crippen molar-refractivity contribution < 1.29 is 0 Å². The predicted octanol–water partition coefficient (Wildman–Crippen LogP) is 3.53. The Kier molecular flexibility index (Phi) is 3.36. The van der Waals surface area contributed by atoms with Gasteiger partial charge in [0.1, 0.15) is 5.52 Å². The van der Waals surface area contributed by atoms with Crippen LogP contribution in [0.3, 0.4) is 0 Å². The lowest BCUT2D eigenvalue weighted by Gasteiger charge is -2.26. The van der Waals surface area contributed by atoms with Gasteiger partial charge in [0.25, 0.3) is 0 Å². The van der Waals surface area contributed by atoms with Crippen molar-refractivity contribution in [1.29, 1.82) is 0 Å². The molecule has 0 aromatic carbocycles. The van der Waals surface area contributed by atoms with E-state index in [1.165, 1.54) is 0 Å².